The van der Waals surface area contributed by atoms with Crippen LogP contribution in [0.3, 0.4) is 0 Å². The van der Waals surface area contributed by atoms with Crippen LogP contribution in [0.25, 0.3) is 0 Å². The molecule has 4 heteroatoms. The molecule has 0 aliphatic heterocycles. The fourth-order valence-corrected chi connectivity index (χ4v) is 1.71. The molecule has 2 unspecified atom stereocenters. The van der Waals surface area contributed by atoms with E-state index >= 15 is 0 Å². The molecule has 0 spiro atoms. The van der Waals surface area contributed by atoms with Gasteiger partial charge in [-0.15, -0.1) is 0 Å². The Bertz CT molecular complexity index is 359. The first-order chi connectivity index (χ1) is 6.95. The van der Waals surface area contributed by atoms with Gasteiger partial charge in [0, 0.05) is 11.5 Å². The number of halogens is 3. The molecule has 1 aromatic carbocycles. The molecule has 0 fully saturated rings. The lowest BCUT2D eigenvalue weighted by atomic mass is 9.95. The van der Waals surface area contributed by atoms with Crippen LogP contribution in [0.4, 0.5) is 8.78 Å². The second kappa shape index (κ2) is 4.84. The molecule has 0 bridgehead atoms. The Labute approximate surface area is 95.6 Å². The van der Waals surface area contributed by atoms with Crippen molar-refractivity contribution in [1.29, 1.82) is 0 Å². The van der Waals surface area contributed by atoms with Crippen molar-refractivity contribution >= 4 is 21.7 Å². The molecule has 1 nitrogen and oxygen atoms in total. The van der Waals surface area contributed by atoms with Gasteiger partial charge in [-0.3, -0.25) is 4.79 Å². The molecule has 0 aromatic heterocycles. The van der Waals surface area contributed by atoms with Crippen LogP contribution in [0.2, 0.25) is 0 Å². The van der Waals surface area contributed by atoms with Crippen LogP contribution in [0.1, 0.15) is 25.3 Å². The van der Waals surface area contributed by atoms with E-state index in [9.17, 15) is 13.6 Å². The summed E-state index contributed by atoms with van der Waals surface area (Å²) in [5.74, 6) is -1.91. The van der Waals surface area contributed by atoms with E-state index in [0.717, 1.165) is 0 Å². The zero-order chi connectivity index (χ0) is 11.6. The first-order valence-corrected chi connectivity index (χ1v) is 5.45. The van der Waals surface area contributed by atoms with Gasteiger partial charge < -0.3 is 0 Å². The number of rotatable bonds is 3. The molecule has 0 N–H and O–H groups in total. The summed E-state index contributed by atoms with van der Waals surface area (Å²) in [6.45, 7) is 3.00. The highest BCUT2D eigenvalue weighted by atomic mass is 79.9. The van der Waals surface area contributed by atoms with Gasteiger partial charge in [0.1, 0.15) is 17.4 Å². The van der Waals surface area contributed by atoms with E-state index in [1.165, 1.54) is 25.1 Å². The van der Waals surface area contributed by atoms with Crippen molar-refractivity contribution in [1.82, 2.24) is 0 Å². The summed E-state index contributed by atoms with van der Waals surface area (Å²) in [6.07, 6.45) is 0. The van der Waals surface area contributed by atoms with Crippen LogP contribution in [0, 0.1) is 11.6 Å². The van der Waals surface area contributed by atoms with Gasteiger partial charge in [-0.1, -0.05) is 28.9 Å². The lowest BCUT2D eigenvalue weighted by Crippen LogP contribution is -2.19. The number of carbonyl (C=O) groups excluding carboxylic acids is 1. The highest BCUT2D eigenvalue weighted by Crippen LogP contribution is 2.29. The summed E-state index contributed by atoms with van der Waals surface area (Å²) in [5, 5.41) is 0. The Balaban J connectivity index is 3.10. The quantitative estimate of drug-likeness (QED) is 0.774. The van der Waals surface area contributed by atoms with Crippen molar-refractivity contribution < 1.29 is 13.6 Å². The number of ketones is 1. The monoisotopic (exact) mass is 276 g/mol. The van der Waals surface area contributed by atoms with E-state index in [1.807, 2.05) is 0 Å². The molecule has 0 heterocycles. The van der Waals surface area contributed by atoms with Gasteiger partial charge in [0.25, 0.3) is 0 Å². The minimum Gasteiger partial charge on any atom is -0.299 e. The molecule has 0 aliphatic rings. The Hall–Kier alpha value is -0.770. The summed E-state index contributed by atoms with van der Waals surface area (Å²) in [4.78, 5) is 10.5. The molecule has 82 valence electrons. The molecule has 0 radical (unpaired) electrons. The van der Waals surface area contributed by atoms with Gasteiger partial charge in [-0.2, -0.15) is 0 Å². The van der Waals surface area contributed by atoms with Crippen LogP contribution < -0.4 is 0 Å². The van der Waals surface area contributed by atoms with Crippen LogP contribution in [-0.4, -0.2) is 10.6 Å². The van der Waals surface area contributed by atoms with Gasteiger partial charge in [-0.25, -0.2) is 8.78 Å². The zero-order valence-corrected chi connectivity index (χ0v) is 10.0. The molecule has 0 aliphatic carbocycles. The number of hydrogen-bond donors (Lipinski definition) is 0. The van der Waals surface area contributed by atoms with Gasteiger partial charge in [0.2, 0.25) is 0 Å². The average molecular weight is 277 g/mol. The summed E-state index contributed by atoms with van der Waals surface area (Å²) in [7, 11) is 0. The first-order valence-electron chi connectivity index (χ1n) is 4.53. The maximum absolute atomic E-state index is 13.4. The minimum atomic E-state index is -0.617. The third kappa shape index (κ3) is 2.62. The minimum absolute atomic E-state index is 0.0467. The summed E-state index contributed by atoms with van der Waals surface area (Å²) in [6, 6.07) is 3.68. The Morgan fingerprint density at radius 3 is 2.20 bits per heavy atom. The topological polar surface area (TPSA) is 17.1 Å². The molecule has 0 amide bonds. The van der Waals surface area contributed by atoms with E-state index in [4.69, 9.17) is 0 Å². The Kier molecular flexibility index (Phi) is 3.97. The standard InChI is InChI=1S/C11H11BrF2O/c1-6(11(12)7(2)15)10-8(13)4-3-5-9(10)14/h3-6,11H,1-2H3. The highest BCUT2D eigenvalue weighted by Gasteiger charge is 2.25. The van der Waals surface area contributed by atoms with E-state index in [1.54, 1.807) is 6.92 Å². The molecule has 1 aromatic rings. The Morgan fingerprint density at radius 1 is 1.33 bits per heavy atom. The number of Topliss-reactive ketones (excluding diaryl/α,β-unsaturated/α-hetero) is 1. The molecule has 0 saturated carbocycles. The maximum Gasteiger partial charge on any atom is 0.144 e. The maximum atomic E-state index is 13.4. The second-order valence-corrected chi connectivity index (χ2v) is 4.42. The van der Waals surface area contributed by atoms with Gasteiger partial charge in [0.15, 0.2) is 0 Å². The molecule has 15 heavy (non-hydrogen) atoms. The zero-order valence-electron chi connectivity index (χ0n) is 8.43. The van der Waals surface area contributed by atoms with Crippen LogP contribution in [-0.2, 0) is 4.79 Å². The van der Waals surface area contributed by atoms with Crippen LogP contribution >= 0.6 is 15.9 Å². The van der Waals surface area contributed by atoms with Crippen molar-refractivity contribution in [2.45, 2.75) is 24.6 Å². The Morgan fingerprint density at radius 2 is 1.80 bits per heavy atom. The highest BCUT2D eigenvalue weighted by molar-refractivity contribution is 9.10. The largest absolute Gasteiger partial charge is 0.299 e. The van der Waals surface area contributed by atoms with Gasteiger partial charge >= 0.3 is 0 Å². The fourth-order valence-electron chi connectivity index (χ4n) is 1.44. The fraction of sp³-hybridized carbons (Fsp3) is 0.364. The van der Waals surface area contributed by atoms with Crippen molar-refractivity contribution in [2.24, 2.45) is 0 Å². The first kappa shape index (κ1) is 12.3. The summed E-state index contributed by atoms with van der Waals surface area (Å²) in [5.41, 5.74) is -0.0467. The molecular weight excluding hydrogens is 266 g/mol. The van der Waals surface area contributed by atoms with E-state index < -0.39 is 22.4 Å². The molecular formula is C11H11BrF2O. The molecule has 2 atom stereocenters. The smallest absolute Gasteiger partial charge is 0.144 e. The second-order valence-electron chi connectivity index (χ2n) is 3.44. The van der Waals surface area contributed by atoms with Gasteiger partial charge in [0.05, 0.1) is 4.83 Å². The third-order valence-electron chi connectivity index (χ3n) is 2.28. The van der Waals surface area contributed by atoms with Crippen molar-refractivity contribution in [3.05, 3.63) is 35.4 Å². The van der Waals surface area contributed by atoms with E-state index in [-0.39, 0.29) is 11.3 Å². The normalized spacial score (nSPS) is 14.7. The number of hydrogen-bond acceptors (Lipinski definition) is 1. The average Bonchev–Trinajstić information content (AvgIpc) is 2.15. The van der Waals surface area contributed by atoms with E-state index in [2.05, 4.69) is 15.9 Å². The molecule has 0 saturated heterocycles. The van der Waals surface area contributed by atoms with Crippen molar-refractivity contribution in [3.63, 3.8) is 0 Å². The predicted octanol–water partition coefficient (Wildman–Crippen LogP) is 3.42. The summed E-state index contributed by atoms with van der Waals surface area (Å²) >= 11 is 3.13. The lowest BCUT2D eigenvalue weighted by Gasteiger charge is -2.17. The van der Waals surface area contributed by atoms with E-state index in [0.29, 0.717) is 0 Å². The SMILES string of the molecule is CC(=O)C(Br)C(C)c1c(F)cccc1F. The van der Waals surface area contributed by atoms with Crippen LogP contribution in [0.5, 0.6) is 0 Å². The predicted molar refractivity (Wildman–Crippen MR) is 58.2 cm³/mol. The van der Waals surface area contributed by atoms with Crippen LogP contribution in [0.15, 0.2) is 18.2 Å². The van der Waals surface area contributed by atoms with Crippen molar-refractivity contribution in [2.75, 3.05) is 0 Å². The third-order valence-corrected chi connectivity index (χ3v) is 3.72. The number of carbonyl (C=O) groups is 1. The van der Waals surface area contributed by atoms with Gasteiger partial charge in [-0.05, 0) is 19.1 Å². The lowest BCUT2D eigenvalue weighted by molar-refractivity contribution is -0.116. The number of alkyl halides is 1. The summed E-state index contributed by atoms with van der Waals surface area (Å²) < 4.78 is 26.7. The molecule has 1 rings (SSSR count). The number of benzene rings is 1. The van der Waals surface area contributed by atoms with Crippen molar-refractivity contribution in [3.8, 4) is 0 Å².